The third-order valence-corrected chi connectivity index (χ3v) is 3.69. The Hall–Kier alpha value is -2.75. The molecule has 2 aromatic carbocycles. The number of pyridine rings is 1. The van der Waals surface area contributed by atoms with Crippen molar-refractivity contribution in [2.24, 2.45) is 7.05 Å². The van der Waals surface area contributed by atoms with Crippen molar-refractivity contribution in [1.82, 2.24) is 20.0 Å². The maximum Gasteiger partial charge on any atom is 0.122 e. The van der Waals surface area contributed by atoms with E-state index in [1.807, 2.05) is 37.4 Å². The Balaban J connectivity index is 2.05. The van der Waals surface area contributed by atoms with Gasteiger partial charge in [-0.3, -0.25) is 0 Å². The number of nitrogens with zero attached hydrogens (tertiary/aromatic N) is 4. The van der Waals surface area contributed by atoms with Crippen LogP contribution in [0.4, 0.5) is 0 Å². The highest BCUT2D eigenvalue weighted by Crippen LogP contribution is 2.28. The van der Waals surface area contributed by atoms with Crippen LogP contribution in [0.1, 0.15) is 5.56 Å². The summed E-state index contributed by atoms with van der Waals surface area (Å²) in [7, 11) is 1.84. The van der Waals surface area contributed by atoms with Gasteiger partial charge in [0.15, 0.2) is 0 Å². The van der Waals surface area contributed by atoms with Crippen molar-refractivity contribution >= 4 is 21.9 Å². The van der Waals surface area contributed by atoms with Crippen LogP contribution in [0, 0.1) is 6.92 Å². The first-order chi connectivity index (χ1) is 10.2. The number of fused-ring (bicyclic) bond motifs is 3. The van der Waals surface area contributed by atoms with Gasteiger partial charge in [0.05, 0.1) is 11.2 Å². The maximum absolute atomic E-state index is 4.79. The van der Waals surface area contributed by atoms with E-state index in [9.17, 15) is 0 Å². The molecule has 0 saturated heterocycles. The predicted octanol–water partition coefficient (Wildman–Crippen LogP) is 3.49. The zero-order valence-electron chi connectivity index (χ0n) is 11.9. The molecule has 2 heterocycles. The van der Waals surface area contributed by atoms with Crippen LogP contribution in [0.15, 0.2) is 48.5 Å². The molecule has 0 aliphatic heterocycles. The lowest BCUT2D eigenvalue weighted by atomic mass is 10.0. The molecular formula is C17H14N4. The molecular weight excluding hydrogens is 260 g/mol. The lowest BCUT2D eigenvalue weighted by Gasteiger charge is -2.07. The molecule has 0 unspecified atom stereocenters. The van der Waals surface area contributed by atoms with Gasteiger partial charge in [-0.25, -0.2) is 4.98 Å². The highest BCUT2D eigenvalue weighted by Gasteiger charge is 2.11. The van der Waals surface area contributed by atoms with Crippen LogP contribution in [0.5, 0.6) is 0 Å². The molecule has 4 aromatic rings. The topological polar surface area (TPSA) is 43.6 Å². The monoisotopic (exact) mass is 274 g/mol. The van der Waals surface area contributed by atoms with Gasteiger partial charge in [0, 0.05) is 18.0 Å². The van der Waals surface area contributed by atoms with E-state index in [0.29, 0.717) is 0 Å². The number of hydrogen-bond acceptors (Lipinski definition) is 3. The molecule has 21 heavy (non-hydrogen) atoms. The molecule has 0 amide bonds. The molecule has 2 aromatic heterocycles. The molecule has 4 heteroatoms. The normalized spacial score (nSPS) is 11.3. The minimum Gasteiger partial charge on any atom is -0.248 e. The van der Waals surface area contributed by atoms with Crippen molar-refractivity contribution < 1.29 is 0 Å². The first kappa shape index (κ1) is 12.0. The summed E-state index contributed by atoms with van der Waals surface area (Å²) >= 11 is 0. The first-order valence-electron chi connectivity index (χ1n) is 6.89. The number of aromatic nitrogens is 4. The molecule has 102 valence electrons. The average Bonchev–Trinajstić information content (AvgIpc) is 2.88. The number of hydrogen-bond donors (Lipinski definition) is 0. The fourth-order valence-electron chi connectivity index (χ4n) is 2.75. The second-order valence-electron chi connectivity index (χ2n) is 5.21. The third-order valence-electron chi connectivity index (χ3n) is 3.69. The zero-order chi connectivity index (χ0) is 14.4. The summed E-state index contributed by atoms with van der Waals surface area (Å²) in [6.07, 6.45) is 0. The van der Waals surface area contributed by atoms with Gasteiger partial charge in [-0.2, -0.15) is 15.0 Å². The van der Waals surface area contributed by atoms with E-state index in [2.05, 4.69) is 35.3 Å². The average molecular weight is 274 g/mol. The Kier molecular flexibility index (Phi) is 2.51. The van der Waals surface area contributed by atoms with Gasteiger partial charge in [0.1, 0.15) is 11.0 Å². The van der Waals surface area contributed by atoms with Crippen LogP contribution in [0.2, 0.25) is 0 Å². The van der Waals surface area contributed by atoms with Crippen molar-refractivity contribution in [1.29, 1.82) is 0 Å². The van der Waals surface area contributed by atoms with Crippen LogP contribution in [-0.4, -0.2) is 20.0 Å². The largest absolute Gasteiger partial charge is 0.248 e. The number of rotatable bonds is 1. The molecule has 4 rings (SSSR count). The van der Waals surface area contributed by atoms with E-state index in [4.69, 9.17) is 4.98 Å². The molecule has 0 bridgehead atoms. The lowest BCUT2D eigenvalue weighted by Crippen LogP contribution is -1.91. The number of aryl methyl sites for hydroxylation is 2. The summed E-state index contributed by atoms with van der Waals surface area (Å²) in [4.78, 5) is 6.39. The number of benzene rings is 2. The summed E-state index contributed by atoms with van der Waals surface area (Å²) in [5.74, 6) is 0. The highest BCUT2D eigenvalue weighted by atomic mass is 15.4. The standard InChI is InChI=1S/C17H14N4/c1-11-10-15(12-6-4-3-5-7-12)18-13-8-9-14-17(16(11)13)20-21(2)19-14/h3-10H,1-2H3. The second-order valence-corrected chi connectivity index (χ2v) is 5.21. The van der Waals surface area contributed by atoms with Gasteiger partial charge in [-0.1, -0.05) is 30.3 Å². The van der Waals surface area contributed by atoms with E-state index < -0.39 is 0 Å². The van der Waals surface area contributed by atoms with E-state index in [1.54, 1.807) is 4.80 Å². The molecule has 0 N–H and O–H groups in total. The van der Waals surface area contributed by atoms with Crippen LogP contribution in [0.3, 0.4) is 0 Å². The van der Waals surface area contributed by atoms with E-state index in [0.717, 1.165) is 33.2 Å². The lowest BCUT2D eigenvalue weighted by molar-refractivity contribution is 0.665. The van der Waals surface area contributed by atoms with Crippen LogP contribution >= 0.6 is 0 Å². The Labute approximate surface area is 122 Å². The van der Waals surface area contributed by atoms with Crippen LogP contribution in [-0.2, 0) is 7.05 Å². The minimum atomic E-state index is 0.905. The summed E-state index contributed by atoms with van der Waals surface area (Å²) in [5.41, 5.74) is 6.07. The molecule has 0 aliphatic carbocycles. The third kappa shape index (κ3) is 1.88. The summed E-state index contributed by atoms with van der Waals surface area (Å²) in [5, 5.41) is 9.92. The molecule has 0 atom stereocenters. The Morgan fingerprint density at radius 3 is 2.48 bits per heavy atom. The molecule has 4 nitrogen and oxygen atoms in total. The SMILES string of the molecule is Cc1cc(-c2ccccc2)nc2ccc3nn(C)nc3c12. The summed E-state index contributed by atoms with van der Waals surface area (Å²) in [6, 6.07) is 16.3. The molecule has 0 fully saturated rings. The van der Waals surface area contributed by atoms with Crippen molar-refractivity contribution in [2.75, 3.05) is 0 Å². The molecule has 0 spiro atoms. The van der Waals surface area contributed by atoms with Gasteiger partial charge in [0.2, 0.25) is 0 Å². The fraction of sp³-hybridized carbons (Fsp3) is 0.118. The van der Waals surface area contributed by atoms with E-state index in [-0.39, 0.29) is 0 Å². The van der Waals surface area contributed by atoms with Crippen LogP contribution < -0.4 is 0 Å². The van der Waals surface area contributed by atoms with Crippen molar-refractivity contribution in [3.05, 3.63) is 54.1 Å². The van der Waals surface area contributed by atoms with Gasteiger partial charge >= 0.3 is 0 Å². The van der Waals surface area contributed by atoms with Crippen molar-refractivity contribution in [3.63, 3.8) is 0 Å². The Morgan fingerprint density at radius 1 is 0.905 bits per heavy atom. The molecule has 0 aliphatic rings. The van der Waals surface area contributed by atoms with Gasteiger partial charge in [-0.05, 0) is 30.7 Å². The molecule has 0 radical (unpaired) electrons. The predicted molar refractivity (Wildman–Crippen MR) is 84.0 cm³/mol. The fourth-order valence-corrected chi connectivity index (χ4v) is 2.75. The highest BCUT2D eigenvalue weighted by molar-refractivity contribution is 6.04. The Bertz CT molecular complexity index is 955. The molecule has 0 saturated carbocycles. The van der Waals surface area contributed by atoms with Gasteiger partial charge in [-0.15, -0.1) is 0 Å². The second kappa shape index (κ2) is 4.38. The summed E-state index contributed by atoms with van der Waals surface area (Å²) < 4.78 is 0. The minimum absolute atomic E-state index is 0.905. The summed E-state index contributed by atoms with van der Waals surface area (Å²) in [6.45, 7) is 2.10. The quantitative estimate of drug-likeness (QED) is 0.533. The van der Waals surface area contributed by atoms with Gasteiger partial charge in [0.25, 0.3) is 0 Å². The Morgan fingerprint density at radius 2 is 1.67 bits per heavy atom. The maximum atomic E-state index is 4.79. The van der Waals surface area contributed by atoms with Crippen LogP contribution in [0.25, 0.3) is 33.2 Å². The van der Waals surface area contributed by atoms with E-state index >= 15 is 0 Å². The smallest absolute Gasteiger partial charge is 0.122 e. The van der Waals surface area contributed by atoms with Gasteiger partial charge < -0.3 is 0 Å². The van der Waals surface area contributed by atoms with Crippen molar-refractivity contribution in [3.8, 4) is 11.3 Å². The first-order valence-corrected chi connectivity index (χ1v) is 6.89. The zero-order valence-corrected chi connectivity index (χ0v) is 11.9. The van der Waals surface area contributed by atoms with E-state index in [1.165, 1.54) is 5.56 Å². The van der Waals surface area contributed by atoms with Crippen molar-refractivity contribution in [2.45, 2.75) is 6.92 Å².